The molecule has 2 aromatic rings. The summed E-state index contributed by atoms with van der Waals surface area (Å²) in [5, 5.41) is 3.53. The number of nitrogens with one attached hydrogen (secondary N) is 1. The standard InChI is InChI=1S/C18H22N4O2/c1-22(11-13-3-4-16-17(9-13)24-12-23-16)14-5-8-19-15(10-14)18-20-6-2-7-21-18/h2-4,6-7,9,14-15,19H,5,8,10-12H2,1H3. The first-order valence-corrected chi connectivity index (χ1v) is 8.38. The van der Waals surface area contributed by atoms with E-state index in [4.69, 9.17) is 9.47 Å². The summed E-state index contributed by atoms with van der Waals surface area (Å²) in [4.78, 5) is 11.2. The van der Waals surface area contributed by atoms with Crippen LogP contribution in [-0.2, 0) is 6.54 Å². The van der Waals surface area contributed by atoms with E-state index in [2.05, 4.69) is 39.4 Å². The van der Waals surface area contributed by atoms with Crippen LogP contribution in [0.25, 0.3) is 0 Å². The van der Waals surface area contributed by atoms with Gasteiger partial charge in [-0.05, 0) is 50.2 Å². The van der Waals surface area contributed by atoms with E-state index in [0.29, 0.717) is 12.8 Å². The Kier molecular flexibility index (Phi) is 4.32. The molecule has 1 saturated heterocycles. The van der Waals surface area contributed by atoms with E-state index in [-0.39, 0.29) is 6.04 Å². The number of fused-ring (bicyclic) bond motifs is 1. The summed E-state index contributed by atoms with van der Waals surface area (Å²) < 4.78 is 10.9. The molecule has 6 nitrogen and oxygen atoms in total. The molecule has 6 heteroatoms. The normalized spacial score (nSPS) is 22.8. The average Bonchev–Trinajstić information content (AvgIpc) is 3.10. The molecule has 2 unspecified atom stereocenters. The minimum atomic E-state index is 0.226. The smallest absolute Gasteiger partial charge is 0.231 e. The van der Waals surface area contributed by atoms with Crippen LogP contribution in [0.5, 0.6) is 11.5 Å². The van der Waals surface area contributed by atoms with E-state index in [9.17, 15) is 0 Å². The third-order valence-corrected chi connectivity index (χ3v) is 4.77. The van der Waals surface area contributed by atoms with Gasteiger partial charge in [-0.25, -0.2) is 9.97 Å². The Balaban J connectivity index is 1.41. The maximum atomic E-state index is 5.47. The highest BCUT2D eigenvalue weighted by molar-refractivity contribution is 5.44. The molecule has 0 amide bonds. The van der Waals surface area contributed by atoms with Crippen molar-refractivity contribution in [3.63, 3.8) is 0 Å². The lowest BCUT2D eigenvalue weighted by molar-refractivity contribution is 0.165. The minimum absolute atomic E-state index is 0.226. The van der Waals surface area contributed by atoms with Crippen molar-refractivity contribution in [2.75, 3.05) is 20.4 Å². The summed E-state index contributed by atoms with van der Waals surface area (Å²) in [6.45, 7) is 2.20. The Bertz CT molecular complexity index is 695. The third kappa shape index (κ3) is 3.20. The molecule has 0 saturated carbocycles. The molecule has 0 bridgehead atoms. The van der Waals surface area contributed by atoms with Gasteiger partial charge in [0.25, 0.3) is 0 Å². The number of nitrogens with zero attached hydrogens (tertiary/aromatic N) is 3. The molecular formula is C18H22N4O2. The molecule has 2 atom stereocenters. The Morgan fingerprint density at radius 2 is 2.04 bits per heavy atom. The first-order chi connectivity index (χ1) is 11.8. The summed E-state index contributed by atoms with van der Waals surface area (Å²) in [7, 11) is 2.18. The maximum Gasteiger partial charge on any atom is 0.231 e. The van der Waals surface area contributed by atoms with E-state index in [1.54, 1.807) is 0 Å². The summed E-state index contributed by atoms with van der Waals surface area (Å²) in [5.41, 5.74) is 1.24. The van der Waals surface area contributed by atoms with Crippen molar-refractivity contribution < 1.29 is 9.47 Å². The van der Waals surface area contributed by atoms with Gasteiger partial charge in [0, 0.05) is 25.0 Å². The quantitative estimate of drug-likeness (QED) is 0.929. The zero-order valence-corrected chi connectivity index (χ0v) is 13.8. The lowest BCUT2D eigenvalue weighted by Gasteiger charge is -2.35. The molecule has 1 fully saturated rings. The van der Waals surface area contributed by atoms with Crippen LogP contribution in [0, 0.1) is 0 Å². The van der Waals surface area contributed by atoms with Crippen LogP contribution < -0.4 is 14.8 Å². The predicted octanol–water partition coefficient (Wildman–Crippen LogP) is 2.13. The van der Waals surface area contributed by atoms with Gasteiger partial charge in [0.15, 0.2) is 11.5 Å². The summed E-state index contributed by atoms with van der Waals surface area (Å²) >= 11 is 0. The zero-order valence-electron chi connectivity index (χ0n) is 13.8. The number of ether oxygens (including phenoxy) is 2. The second-order valence-electron chi connectivity index (χ2n) is 6.39. The van der Waals surface area contributed by atoms with Gasteiger partial charge in [0.2, 0.25) is 6.79 Å². The largest absolute Gasteiger partial charge is 0.454 e. The summed E-state index contributed by atoms with van der Waals surface area (Å²) in [6.07, 6.45) is 5.77. The molecule has 2 aliphatic heterocycles. The molecule has 1 aromatic carbocycles. The monoisotopic (exact) mass is 326 g/mol. The third-order valence-electron chi connectivity index (χ3n) is 4.77. The minimum Gasteiger partial charge on any atom is -0.454 e. The molecule has 1 N–H and O–H groups in total. The van der Waals surface area contributed by atoms with Crippen molar-refractivity contribution in [1.82, 2.24) is 20.2 Å². The van der Waals surface area contributed by atoms with E-state index >= 15 is 0 Å². The zero-order chi connectivity index (χ0) is 16.4. The van der Waals surface area contributed by atoms with E-state index < -0.39 is 0 Å². The average molecular weight is 326 g/mol. The molecule has 24 heavy (non-hydrogen) atoms. The number of hydrogen-bond acceptors (Lipinski definition) is 6. The van der Waals surface area contributed by atoms with Crippen molar-refractivity contribution in [2.24, 2.45) is 0 Å². The fourth-order valence-electron chi connectivity index (χ4n) is 3.44. The van der Waals surface area contributed by atoms with Crippen LogP contribution in [0.15, 0.2) is 36.7 Å². The molecular weight excluding hydrogens is 304 g/mol. The number of hydrogen-bond donors (Lipinski definition) is 1. The van der Waals surface area contributed by atoms with Crippen LogP contribution >= 0.6 is 0 Å². The lowest BCUT2D eigenvalue weighted by Crippen LogP contribution is -2.43. The maximum absolute atomic E-state index is 5.47. The topological polar surface area (TPSA) is 59.5 Å². The number of rotatable bonds is 4. The highest BCUT2D eigenvalue weighted by atomic mass is 16.7. The van der Waals surface area contributed by atoms with Crippen molar-refractivity contribution >= 4 is 0 Å². The van der Waals surface area contributed by atoms with Gasteiger partial charge in [0.1, 0.15) is 5.82 Å². The van der Waals surface area contributed by atoms with Gasteiger partial charge in [-0.3, -0.25) is 4.90 Å². The highest BCUT2D eigenvalue weighted by Gasteiger charge is 2.27. The van der Waals surface area contributed by atoms with Crippen molar-refractivity contribution in [2.45, 2.75) is 31.5 Å². The van der Waals surface area contributed by atoms with Gasteiger partial charge in [-0.1, -0.05) is 6.07 Å². The second-order valence-corrected chi connectivity index (χ2v) is 6.39. The first kappa shape index (κ1) is 15.4. The van der Waals surface area contributed by atoms with Crippen molar-refractivity contribution in [3.8, 4) is 11.5 Å². The first-order valence-electron chi connectivity index (χ1n) is 8.38. The van der Waals surface area contributed by atoms with Crippen molar-refractivity contribution in [3.05, 3.63) is 48.0 Å². The molecule has 3 heterocycles. The van der Waals surface area contributed by atoms with Crippen LogP contribution in [-0.4, -0.2) is 41.3 Å². The molecule has 4 rings (SSSR count). The number of benzene rings is 1. The summed E-state index contributed by atoms with van der Waals surface area (Å²) in [5.74, 6) is 2.57. The number of aromatic nitrogens is 2. The fraction of sp³-hybridized carbons (Fsp3) is 0.444. The Hall–Kier alpha value is -2.18. The number of piperidine rings is 1. The van der Waals surface area contributed by atoms with Gasteiger partial charge < -0.3 is 14.8 Å². The fourth-order valence-corrected chi connectivity index (χ4v) is 3.44. The van der Waals surface area contributed by atoms with Crippen LogP contribution in [0.2, 0.25) is 0 Å². The van der Waals surface area contributed by atoms with E-state index in [1.165, 1.54) is 5.56 Å². The van der Waals surface area contributed by atoms with Crippen molar-refractivity contribution in [1.29, 1.82) is 0 Å². The molecule has 1 aromatic heterocycles. The SMILES string of the molecule is CN(Cc1ccc2c(c1)OCO2)C1CCNC(c2ncccn2)C1. The van der Waals surface area contributed by atoms with Gasteiger partial charge >= 0.3 is 0 Å². The van der Waals surface area contributed by atoms with Gasteiger partial charge in [0.05, 0.1) is 6.04 Å². The second kappa shape index (κ2) is 6.75. The van der Waals surface area contributed by atoms with Gasteiger partial charge in [-0.15, -0.1) is 0 Å². The van der Waals surface area contributed by atoms with E-state index in [0.717, 1.165) is 43.3 Å². The van der Waals surface area contributed by atoms with Crippen LogP contribution in [0.4, 0.5) is 0 Å². The Morgan fingerprint density at radius 1 is 1.21 bits per heavy atom. The van der Waals surface area contributed by atoms with Crippen LogP contribution in [0.1, 0.15) is 30.3 Å². The molecule has 0 aliphatic carbocycles. The molecule has 126 valence electrons. The predicted molar refractivity (Wildman–Crippen MR) is 89.8 cm³/mol. The lowest BCUT2D eigenvalue weighted by atomic mass is 9.97. The molecule has 0 radical (unpaired) electrons. The van der Waals surface area contributed by atoms with Gasteiger partial charge in [-0.2, -0.15) is 0 Å². The Labute approximate surface area is 141 Å². The molecule has 2 aliphatic rings. The van der Waals surface area contributed by atoms with E-state index in [1.807, 2.05) is 24.5 Å². The highest BCUT2D eigenvalue weighted by Crippen LogP contribution is 2.33. The Morgan fingerprint density at radius 3 is 2.92 bits per heavy atom. The summed E-state index contributed by atoms with van der Waals surface area (Å²) in [6, 6.07) is 8.78. The molecule has 0 spiro atoms. The van der Waals surface area contributed by atoms with Crippen LogP contribution in [0.3, 0.4) is 0 Å².